The lowest BCUT2D eigenvalue weighted by Crippen LogP contribution is -2.38. The van der Waals surface area contributed by atoms with E-state index < -0.39 is 0 Å². The molecule has 0 saturated carbocycles. The van der Waals surface area contributed by atoms with E-state index in [4.69, 9.17) is 0 Å². The van der Waals surface area contributed by atoms with E-state index in [-0.39, 0.29) is 18.0 Å². The Morgan fingerprint density at radius 2 is 2.04 bits per heavy atom. The smallest absolute Gasteiger partial charge is 0.278 e. The van der Waals surface area contributed by atoms with Gasteiger partial charge < -0.3 is 9.80 Å². The number of hydrogen-bond donors (Lipinski definition) is 0. The molecule has 0 unspecified atom stereocenters. The molecule has 7 nitrogen and oxygen atoms in total. The largest absolute Gasteiger partial charge is 0.339 e. The molecule has 2 heterocycles. The van der Waals surface area contributed by atoms with Gasteiger partial charge in [0.15, 0.2) is 0 Å². The predicted molar refractivity (Wildman–Crippen MR) is 87.0 cm³/mol. The number of benzene rings is 1. The number of fused-ring (bicyclic) bond motifs is 1. The Bertz CT molecular complexity index is 785. The van der Waals surface area contributed by atoms with Gasteiger partial charge in [0.05, 0.1) is 5.39 Å². The summed E-state index contributed by atoms with van der Waals surface area (Å²) in [4.78, 5) is 28.8. The first-order valence-electron chi connectivity index (χ1n) is 7.74. The average Bonchev–Trinajstić information content (AvgIpc) is 2.92. The van der Waals surface area contributed by atoms with Gasteiger partial charge in [0.1, 0.15) is 12.1 Å². The second-order valence-electron chi connectivity index (χ2n) is 6.38. The van der Waals surface area contributed by atoms with E-state index in [1.165, 1.54) is 0 Å². The van der Waals surface area contributed by atoms with Crippen LogP contribution in [-0.4, -0.2) is 63.9 Å². The number of likely N-dealkylation sites (N-methyl/N-ethyl adjacent to an activating group) is 1. The molecule has 1 fully saturated rings. The Hall–Kier alpha value is -2.28. The topological polar surface area (TPSA) is 71.3 Å². The molecule has 1 aromatic heterocycles. The van der Waals surface area contributed by atoms with Gasteiger partial charge in [0.2, 0.25) is 5.91 Å². The lowest BCUT2D eigenvalue weighted by molar-refractivity contribution is -0.131. The minimum atomic E-state index is -0.277. The Labute approximate surface area is 134 Å². The minimum absolute atomic E-state index is 0.0659. The summed E-state index contributed by atoms with van der Waals surface area (Å²) < 4.78 is 1.15. The molecule has 0 N–H and O–H groups in total. The van der Waals surface area contributed by atoms with E-state index >= 15 is 0 Å². The predicted octanol–water partition coefficient (Wildman–Crippen LogP) is 0.200. The van der Waals surface area contributed by atoms with E-state index in [1.807, 2.05) is 14.1 Å². The third kappa shape index (κ3) is 2.96. The van der Waals surface area contributed by atoms with E-state index in [9.17, 15) is 9.59 Å². The van der Waals surface area contributed by atoms with Crippen molar-refractivity contribution in [1.82, 2.24) is 24.8 Å². The first kappa shape index (κ1) is 15.6. The number of carbonyl (C=O) groups excluding carboxylic acids is 1. The van der Waals surface area contributed by atoms with Crippen molar-refractivity contribution in [2.75, 3.05) is 27.2 Å². The fourth-order valence-corrected chi connectivity index (χ4v) is 3.18. The summed E-state index contributed by atoms with van der Waals surface area (Å²) in [5, 5.41) is 8.38. The molecule has 1 aliphatic rings. The van der Waals surface area contributed by atoms with Crippen LogP contribution in [0.1, 0.15) is 6.92 Å². The van der Waals surface area contributed by atoms with Crippen LogP contribution in [0.15, 0.2) is 29.1 Å². The number of aromatic nitrogens is 3. The van der Waals surface area contributed by atoms with Crippen LogP contribution in [-0.2, 0) is 11.3 Å². The molecule has 0 radical (unpaired) electrons. The van der Waals surface area contributed by atoms with Gasteiger partial charge in [0.25, 0.3) is 5.56 Å². The van der Waals surface area contributed by atoms with Crippen molar-refractivity contribution in [3.63, 3.8) is 0 Å². The van der Waals surface area contributed by atoms with Crippen molar-refractivity contribution in [2.24, 2.45) is 5.92 Å². The Morgan fingerprint density at radius 3 is 2.74 bits per heavy atom. The maximum absolute atomic E-state index is 12.5. The third-order valence-corrected chi connectivity index (χ3v) is 4.50. The lowest BCUT2D eigenvalue weighted by atomic mass is 10.1. The molecule has 7 heteroatoms. The third-order valence-electron chi connectivity index (χ3n) is 4.50. The zero-order valence-electron chi connectivity index (χ0n) is 13.6. The standard InChI is InChI=1S/C16H21N5O2/c1-11-8-20(9-14(11)19(2)3)15(22)10-21-16(23)12-6-4-5-7-13(12)17-18-21/h4-7,11,14H,8-10H2,1-3H3/t11-,14-/m0/s1. The highest BCUT2D eigenvalue weighted by molar-refractivity contribution is 5.78. The molecule has 0 bridgehead atoms. The highest BCUT2D eigenvalue weighted by atomic mass is 16.2. The van der Waals surface area contributed by atoms with E-state index in [2.05, 4.69) is 22.1 Å². The molecule has 1 saturated heterocycles. The van der Waals surface area contributed by atoms with Gasteiger partial charge in [-0.15, -0.1) is 5.10 Å². The van der Waals surface area contributed by atoms with Crippen molar-refractivity contribution < 1.29 is 4.79 Å². The molecule has 0 spiro atoms. The summed E-state index contributed by atoms with van der Waals surface area (Å²) in [5.74, 6) is 0.321. The molecule has 122 valence electrons. The monoisotopic (exact) mass is 315 g/mol. The maximum Gasteiger partial charge on any atom is 0.278 e. The lowest BCUT2D eigenvalue weighted by Gasteiger charge is -2.22. The minimum Gasteiger partial charge on any atom is -0.339 e. The van der Waals surface area contributed by atoms with Crippen molar-refractivity contribution >= 4 is 16.8 Å². The van der Waals surface area contributed by atoms with Crippen LogP contribution in [0, 0.1) is 5.92 Å². The van der Waals surface area contributed by atoms with Gasteiger partial charge in [-0.1, -0.05) is 24.3 Å². The molecule has 23 heavy (non-hydrogen) atoms. The van der Waals surface area contributed by atoms with Gasteiger partial charge >= 0.3 is 0 Å². The molecular weight excluding hydrogens is 294 g/mol. The average molecular weight is 315 g/mol. The second kappa shape index (κ2) is 6.08. The van der Waals surface area contributed by atoms with E-state index in [1.54, 1.807) is 29.2 Å². The summed E-state index contributed by atoms with van der Waals surface area (Å²) in [7, 11) is 4.04. The van der Waals surface area contributed by atoms with Crippen molar-refractivity contribution in [3.05, 3.63) is 34.6 Å². The van der Waals surface area contributed by atoms with Gasteiger partial charge in [-0.25, -0.2) is 4.68 Å². The van der Waals surface area contributed by atoms with Crippen LogP contribution >= 0.6 is 0 Å². The molecule has 1 aromatic carbocycles. The zero-order valence-corrected chi connectivity index (χ0v) is 13.6. The molecule has 1 aliphatic heterocycles. The fourth-order valence-electron chi connectivity index (χ4n) is 3.18. The Morgan fingerprint density at radius 1 is 1.30 bits per heavy atom. The highest BCUT2D eigenvalue weighted by Gasteiger charge is 2.33. The van der Waals surface area contributed by atoms with Gasteiger partial charge in [0, 0.05) is 19.1 Å². The van der Waals surface area contributed by atoms with Crippen molar-refractivity contribution in [3.8, 4) is 0 Å². The highest BCUT2D eigenvalue weighted by Crippen LogP contribution is 2.20. The van der Waals surface area contributed by atoms with Crippen molar-refractivity contribution in [1.29, 1.82) is 0 Å². The fraction of sp³-hybridized carbons (Fsp3) is 0.500. The summed E-state index contributed by atoms with van der Waals surface area (Å²) in [5.41, 5.74) is 0.268. The molecule has 2 aromatic rings. The van der Waals surface area contributed by atoms with Gasteiger partial charge in [-0.2, -0.15) is 0 Å². The van der Waals surface area contributed by atoms with Gasteiger partial charge in [-0.3, -0.25) is 9.59 Å². The number of amides is 1. The van der Waals surface area contributed by atoms with Crippen LogP contribution in [0.2, 0.25) is 0 Å². The molecular formula is C16H21N5O2. The number of rotatable bonds is 3. The number of nitrogens with zero attached hydrogens (tertiary/aromatic N) is 5. The summed E-state index contributed by atoms with van der Waals surface area (Å²) in [6, 6.07) is 7.37. The Balaban J connectivity index is 1.79. The normalized spacial score (nSPS) is 21.3. The molecule has 2 atom stereocenters. The maximum atomic E-state index is 12.5. The van der Waals surface area contributed by atoms with Crippen LogP contribution in [0.25, 0.3) is 10.9 Å². The number of likely N-dealkylation sites (tertiary alicyclic amines) is 1. The SMILES string of the molecule is C[C@H]1CN(C(=O)Cn2nnc3ccccc3c2=O)C[C@@H]1N(C)C. The first-order valence-corrected chi connectivity index (χ1v) is 7.74. The first-order chi connectivity index (χ1) is 11.0. The van der Waals surface area contributed by atoms with Crippen LogP contribution in [0.5, 0.6) is 0 Å². The number of carbonyl (C=O) groups is 1. The summed E-state index contributed by atoms with van der Waals surface area (Å²) in [6.07, 6.45) is 0. The van der Waals surface area contributed by atoms with Crippen LogP contribution in [0.4, 0.5) is 0 Å². The summed E-state index contributed by atoms with van der Waals surface area (Å²) >= 11 is 0. The summed E-state index contributed by atoms with van der Waals surface area (Å²) in [6.45, 7) is 3.46. The van der Waals surface area contributed by atoms with Crippen molar-refractivity contribution in [2.45, 2.75) is 19.5 Å². The van der Waals surface area contributed by atoms with Crippen LogP contribution in [0.3, 0.4) is 0 Å². The molecule has 0 aliphatic carbocycles. The number of hydrogen-bond acceptors (Lipinski definition) is 5. The van der Waals surface area contributed by atoms with E-state index in [0.29, 0.717) is 36.0 Å². The second-order valence-corrected chi connectivity index (χ2v) is 6.38. The van der Waals surface area contributed by atoms with Gasteiger partial charge in [-0.05, 0) is 32.1 Å². The molecule has 1 amide bonds. The molecule has 3 rings (SSSR count). The van der Waals surface area contributed by atoms with Crippen LogP contribution < -0.4 is 5.56 Å². The Kier molecular flexibility index (Phi) is 4.12. The quantitative estimate of drug-likeness (QED) is 0.809. The zero-order chi connectivity index (χ0) is 16.6. The van der Waals surface area contributed by atoms with E-state index in [0.717, 1.165) is 4.68 Å².